The van der Waals surface area contributed by atoms with Gasteiger partial charge in [0.2, 0.25) is 0 Å². The summed E-state index contributed by atoms with van der Waals surface area (Å²) in [7, 11) is 0. The van der Waals surface area contributed by atoms with Gasteiger partial charge < -0.3 is 5.11 Å². The van der Waals surface area contributed by atoms with Crippen molar-refractivity contribution in [2.45, 2.75) is 38.8 Å². The Bertz CT molecular complexity index is 1120. The van der Waals surface area contributed by atoms with E-state index in [-0.39, 0.29) is 28.4 Å². The summed E-state index contributed by atoms with van der Waals surface area (Å²) in [5.41, 5.74) is 1.94. The van der Waals surface area contributed by atoms with Crippen molar-refractivity contribution < 1.29 is 23.1 Å². The number of aliphatic hydroxyl groups is 1. The third-order valence-corrected chi connectivity index (χ3v) is 7.73. The van der Waals surface area contributed by atoms with E-state index in [4.69, 9.17) is 11.6 Å². The second-order valence-electron chi connectivity index (χ2n) is 8.93. The molecule has 0 saturated heterocycles. The van der Waals surface area contributed by atoms with Gasteiger partial charge in [0.05, 0.1) is 16.2 Å². The third kappa shape index (κ3) is 3.12. The van der Waals surface area contributed by atoms with E-state index in [9.17, 15) is 23.1 Å². The van der Waals surface area contributed by atoms with Crippen molar-refractivity contribution in [1.82, 2.24) is 0 Å². The van der Waals surface area contributed by atoms with Crippen LogP contribution in [0.3, 0.4) is 0 Å². The number of ketones is 1. The van der Waals surface area contributed by atoms with E-state index in [0.717, 1.165) is 30.9 Å². The summed E-state index contributed by atoms with van der Waals surface area (Å²) in [5.74, 6) is 0.627. The number of benzene rings is 2. The van der Waals surface area contributed by atoms with E-state index < -0.39 is 11.7 Å². The van der Waals surface area contributed by atoms with Gasteiger partial charge in [-0.25, -0.2) is 0 Å². The van der Waals surface area contributed by atoms with Gasteiger partial charge in [0, 0.05) is 11.8 Å². The molecule has 2 saturated carbocycles. The number of fused-ring (bicyclic) bond motifs is 5. The molecule has 0 amide bonds. The summed E-state index contributed by atoms with van der Waals surface area (Å²) in [6.45, 7) is 1.96. The fourth-order valence-corrected chi connectivity index (χ4v) is 6.24. The monoisotopic (exact) mass is 446 g/mol. The molecule has 31 heavy (non-hydrogen) atoms. The average molecular weight is 447 g/mol. The summed E-state index contributed by atoms with van der Waals surface area (Å²) >= 11 is 5.77. The van der Waals surface area contributed by atoms with Crippen molar-refractivity contribution in [3.8, 4) is 11.1 Å². The minimum atomic E-state index is -4.56. The van der Waals surface area contributed by atoms with Crippen LogP contribution in [-0.2, 0) is 17.4 Å². The molecule has 2 bridgehead atoms. The molecular formula is C25H22ClF3O2. The number of carbonyl (C=O) groups excluding carboxylic acids is 1. The summed E-state index contributed by atoms with van der Waals surface area (Å²) in [5, 5.41) is 10.7. The normalized spacial score (nSPS) is 27.3. The molecule has 2 aromatic rings. The molecule has 2 nitrogen and oxygen atoms in total. The van der Waals surface area contributed by atoms with E-state index in [1.807, 2.05) is 13.0 Å². The van der Waals surface area contributed by atoms with E-state index in [2.05, 4.69) is 0 Å². The quantitative estimate of drug-likeness (QED) is 0.545. The highest BCUT2D eigenvalue weighted by atomic mass is 35.5. The van der Waals surface area contributed by atoms with Crippen molar-refractivity contribution in [2.75, 3.05) is 0 Å². The predicted octanol–water partition coefficient (Wildman–Crippen LogP) is 7.10. The predicted molar refractivity (Wildman–Crippen MR) is 114 cm³/mol. The second kappa shape index (κ2) is 7.13. The number of hydrogen-bond donors (Lipinski definition) is 1. The zero-order valence-electron chi connectivity index (χ0n) is 17.0. The van der Waals surface area contributed by atoms with Crippen LogP contribution in [0.2, 0.25) is 5.02 Å². The molecule has 1 N–H and O–H groups in total. The van der Waals surface area contributed by atoms with Gasteiger partial charge >= 0.3 is 6.18 Å². The second-order valence-corrected chi connectivity index (χ2v) is 9.33. The van der Waals surface area contributed by atoms with Crippen LogP contribution in [-0.4, -0.2) is 10.9 Å². The van der Waals surface area contributed by atoms with Crippen LogP contribution in [0.25, 0.3) is 16.7 Å². The van der Waals surface area contributed by atoms with Gasteiger partial charge in [0.15, 0.2) is 5.78 Å². The minimum Gasteiger partial charge on any atom is -0.511 e. The summed E-state index contributed by atoms with van der Waals surface area (Å²) in [4.78, 5) is 13.3. The molecule has 3 aliphatic carbocycles. The van der Waals surface area contributed by atoms with E-state index in [0.29, 0.717) is 40.5 Å². The Morgan fingerprint density at radius 1 is 1.03 bits per heavy atom. The Labute approximate surface area is 183 Å². The fraction of sp³-hybridized carbons (Fsp3) is 0.400. The van der Waals surface area contributed by atoms with Gasteiger partial charge in [-0.3, -0.25) is 4.79 Å². The Kier molecular flexibility index (Phi) is 4.74. The molecule has 6 heteroatoms. The fourth-order valence-electron chi connectivity index (χ4n) is 6.01. The number of halogens is 4. The maximum absolute atomic E-state index is 13.3. The molecule has 0 aliphatic heterocycles. The topological polar surface area (TPSA) is 37.3 Å². The summed E-state index contributed by atoms with van der Waals surface area (Å²) in [6, 6.07) is 9.16. The Morgan fingerprint density at radius 3 is 2.32 bits per heavy atom. The lowest BCUT2D eigenvalue weighted by molar-refractivity contribution is -0.137. The molecule has 5 rings (SSSR count). The van der Waals surface area contributed by atoms with Crippen LogP contribution in [0.15, 0.2) is 42.2 Å². The van der Waals surface area contributed by atoms with Crippen LogP contribution in [0.5, 0.6) is 0 Å². The third-order valence-electron chi connectivity index (χ3n) is 7.40. The Hall–Kier alpha value is -2.27. The van der Waals surface area contributed by atoms with Gasteiger partial charge in [-0.15, -0.1) is 0 Å². The first-order chi connectivity index (χ1) is 14.7. The molecule has 4 unspecified atom stereocenters. The molecule has 0 radical (unpaired) electrons. The average Bonchev–Trinajstić information content (AvgIpc) is 3.41. The molecule has 0 aromatic heterocycles. The highest BCUT2D eigenvalue weighted by molar-refractivity contribution is 6.31. The van der Waals surface area contributed by atoms with Gasteiger partial charge in [-0.05, 0) is 78.0 Å². The van der Waals surface area contributed by atoms with Crippen molar-refractivity contribution in [2.24, 2.45) is 23.7 Å². The van der Waals surface area contributed by atoms with Crippen molar-refractivity contribution in [1.29, 1.82) is 0 Å². The van der Waals surface area contributed by atoms with E-state index in [1.165, 1.54) is 6.07 Å². The maximum atomic E-state index is 13.3. The molecule has 0 spiro atoms. The molecule has 3 aliphatic rings. The highest BCUT2D eigenvalue weighted by Gasteiger charge is 2.57. The lowest BCUT2D eigenvalue weighted by atomic mass is 9.80. The SMILES string of the molecule is CCc1ccc(-c2ccc(Cl)c(C(F)(F)F)c2)cc1C1=C(O)C2C3CCC(C3)C2C1=O. The standard InChI is InChI=1S/C25H22ClF3O2/c1-2-12-3-4-13(14-7-8-19(26)18(11-14)25(27,28)29)10-17(12)22-23(30)20-15-5-6-16(9-15)21(20)24(22)31/h3-4,7-8,10-11,15-16,20-21,30H,2,5-6,9H2,1H3. The van der Waals surface area contributed by atoms with Crippen LogP contribution < -0.4 is 0 Å². The number of alkyl halides is 3. The maximum Gasteiger partial charge on any atom is 0.417 e. The zero-order chi connectivity index (χ0) is 22.1. The van der Waals surface area contributed by atoms with Crippen LogP contribution >= 0.6 is 11.6 Å². The molecule has 2 aromatic carbocycles. The molecule has 0 heterocycles. The molecule has 4 atom stereocenters. The Balaban J connectivity index is 1.62. The number of hydrogen-bond acceptors (Lipinski definition) is 2. The van der Waals surface area contributed by atoms with Gasteiger partial charge in [-0.2, -0.15) is 13.2 Å². The first kappa shape index (κ1) is 20.6. The van der Waals surface area contributed by atoms with Gasteiger partial charge in [0.1, 0.15) is 5.76 Å². The van der Waals surface area contributed by atoms with Gasteiger partial charge in [-0.1, -0.05) is 36.7 Å². The van der Waals surface area contributed by atoms with E-state index >= 15 is 0 Å². The number of aliphatic hydroxyl groups excluding tert-OH is 1. The largest absolute Gasteiger partial charge is 0.511 e. The lowest BCUT2D eigenvalue weighted by Crippen LogP contribution is -2.24. The first-order valence-electron chi connectivity index (χ1n) is 10.7. The number of allylic oxidation sites excluding steroid dienone is 2. The Morgan fingerprint density at radius 2 is 1.68 bits per heavy atom. The van der Waals surface area contributed by atoms with Crippen molar-refractivity contribution in [3.63, 3.8) is 0 Å². The van der Waals surface area contributed by atoms with E-state index in [1.54, 1.807) is 18.2 Å². The smallest absolute Gasteiger partial charge is 0.417 e. The first-order valence-corrected chi connectivity index (χ1v) is 11.1. The number of carbonyl (C=O) groups is 1. The zero-order valence-corrected chi connectivity index (χ0v) is 17.7. The molecule has 2 fully saturated rings. The number of Topliss-reactive ketones (excluding diaryl/α,β-unsaturated/α-hetero) is 1. The van der Waals surface area contributed by atoms with Gasteiger partial charge in [0.25, 0.3) is 0 Å². The van der Waals surface area contributed by atoms with Crippen molar-refractivity contribution >= 4 is 23.0 Å². The minimum absolute atomic E-state index is 0.00589. The number of rotatable bonds is 3. The molecule has 162 valence electrons. The molecular weight excluding hydrogens is 425 g/mol. The number of aryl methyl sites for hydroxylation is 1. The lowest BCUT2D eigenvalue weighted by Gasteiger charge is -2.23. The summed E-state index contributed by atoms with van der Waals surface area (Å²) in [6.07, 6.45) is -0.829. The van der Waals surface area contributed by atoms with Crippen molar-refractivity contribution in [3.05, 3.63) is 63.9 Å². The summed E-state index contributed by atoms with van der Waals surface area (Å²) < 4.78 is 40.0. The van der Waals surface area contributed by atoms with Crippen LogP contribution in [0.4, 0.5) is 13.2 Å². The highest BCUT2D eigenvalue weighted by Crippen LogP contribution is 2.60. The van der Waals surface area contributed by atoms with Crippen LogP contribution in [0, 0.1) is 23.7 Å². The van der Waals surface area contributed by atoms with Crippen LogP contribution in [0.1, 0.15) is 42.9 Å².